The van der Waals surface area contributed by atoms with Crippen molar-refractivity contribution in [3.8, 4) is 5.69 Å². The Morgan fingerprint density at radius 1 is 1.40 bits per heavy atom. The Labute approximate surface area is 126 Å². The van der Waals surface area contributed by atoms with E-state index in [4.69, 9.17) is 0 Å². The molecule has 6 heteroatoms. The largest absolute Gasteiger partial charge is 0.354 e. The average Bonchev–Trinajstić information content (AvgIpc) is 2.94. The van der Waals surface area contributed by atoms with Crippen molar-refractivity contribution in [3.63, 3.8) is 0 Å². The van der Waals surface area contributed by atoms with Gasteiger partial charge in [0.25, 0.3) is 5.91 Å². The first-order valence-corrected chi connectivity index (χ1v) is 7.22. The Morgan fingerprint density at radius 3 is 2.90 bits per heavy atom. The zero-order chi connectivity index (χ0) is 14.5. The Balaban J connectivity index is 2.36. The van der Waals surface area contributed by atoms with Gasteiger partial charge in [-0.25, -0.2) is 4.68 Å². The molecule has 2 aromatic rings. The highest BCUT2D eigenvalue weighted by Crippen LogP contribution is 2.20. The van der Waals surface area contributed by atoms with Gasteiger partial charge in [0.15, 0.2) is 5.69 Å². The predicted octanol–water partition coefficient (Wildman–Crippen LogP) is 2.10. The highest BCUT2D eigenvalue weighted by Gasteiger charge is 2.10. The van der Waals surface area contributed by atoms with E-state index in [2.05, 4.69) is 44.7 Å². The molecule has 0 aliphatic rings. The first-order valence-electron chi connectivity index (χ1n) is 6.43. The van der Waals surface area contributed by atoms with Crippen LogP contribution in [0.15, 0.2) is 34.9 Å². The summed E-state index contributed by atoms with van der Waals surface area (Å²) in [5, 5.41) is 10.2. The van der Waals surface area contributed by atoms with E-state index in [1.165, 1.54) is 0 Å². The fourth-order valence-corrected chi connectivity index (χ4v) is 2.29. The molecule has 2 N–H and O–H groups in total. The molecule has 1 aromatic carbocycles. The predicted molar refractivity (Wildman–Crippen MR) is 82.0 cm³/mol. The lowest BCUT2D eigenvalue weighted by Crippen LogP contribution is -2.19. The number of aromatic nitrogens is 2. The summed E-state index contributed by atoms with van der Waals surface area (Å²) in [6.45, 7) is 3.71. The lowest BCUT2D eigenvalue weighted by atomic mass is 10.2. The minimum absolute atomic E-state index is 0.186. The van der Waals surface area contributed by atoms with Crippen molar-refractivity contribution in [2.24, 2.45) is 0 Å². The fraction of sp³-hybridized carbons (Fsp3) is 0.286. The van der Waals surface area contributed by atoms with Gasteiger partial charge in [-0.05, 0) is 36.4 Å². The number of carbonyl (C=O) groups is 1. The molecule has 0 fully saturated rings. The second-order valence-electron chi connectivity index (χ2n) is 4.28. The van der Waals surface area contributed by atoms with Crippen molar-refractivity contribution in [2.45, 2.75) is 13.5 Å². The van der Waals surface area contributed by atoms with Crippen LogP contribution in [0, 0.1) is 0 Å². The van der Waals surface area contributed by atoms with Crippen LogP contribution in [-0.4, -0.2) is 29.3 Å². The summed E-state index contributed by atoms with van der Waals surface area (Å²) < 4.78 is 2.75. The fourth-order valence-electron chi connectivity index (χ4n) is 1.89. The van der Waals surface area contributed by atoms with E-state index in [-0.39, 0.29) is 5.91 Å². The molecule has 0 atom stereocenters. The van der Waals surface area contributed by atoms with Crippen LogP contribution in [0.1, 0.15) is 23.0 Å². The van der Waals surface area contributed by atoms with E-state index in [0.717, 1.165) is 28.8 Å². The highest BCUT2D eigenvalue weighted by molar-refractivity contribution is 9.10. The van der Waals surface area contributed by atoms with Crippen molar-refractivity contribution in [1.82, 2.24) is 20.4 Å². The summed E-state index contributed by atoms with van der Waals surface area (Å²) in [5.74, 6) is -0.186. The molecule has 1 amide bonds. The van der Waals surface area contributed by atoms with Gasteiger partial charge in [-0.3, -0.25) is 4.79 Å². The van der Waals surface area contributed by atoms with Gasteiger partial charge in [0.2, 0.25) is 0 Å². The second-order valence-corrected chi connectivity index (χ2v) is 5.19. The minimum atomic E-state index is -0.186. The van der Waals surface area contributed by atoms with Crippen LogP contribution in [0.4, 0.5) is 0 Å². The molecule has 1 aromatic heterocycles. The molecule has 0 saturated carbocycles. The molecule has 0 bridgehead atoms. The van der Waals surface area contributed by atoms with E-state index in [0.29, 0.717) is 5.69 Å². The zero-order valence-corrected chi connectivity index (χ0v) is 13.1. The van der Waals surface area contributed by atoms with Crippen LogP contribution in [0.3, 0.4) is 0 Å². The van der Waals surface area contributed by atoms with Crippen molar-refractivity contribution < 1.29 is 4.79 Å². The molecule has 0 unspecified atom stereocenters. The van der Waals surface area contributed by atoms with Gasteiger partial charge in [-0.2, -0.15) is 5.10 Å². The van der Waals surface area contributed by atoms with E-state index in [9.17, 15) is 4.79 Å². The van der Waals surface area contributed by atoms with E-state index < -0.39 is 0 Å². The van der Waals surface area contributed by atoms with Crippen LogP contribution < -0.4 is 10.6 Å². The Hall–Kier alpha value is -1.66. The van der Waals surface area contributed by atoms with E-state index >= 15 is 0 Å². The number of carbonyl (C=O) groups excluding carboxylic acids is 1. The molecule has 0 aliphatic heterocycles. The van der Waals surface area contributed by atoms with E-state index in [1.807, 2.05) is 12.1 Å². The molecule has 106 valence electrons. The normalized spacial score (nSPS) is 10.6. The summed E-state index contributed by atoms with van der Waals surface area (Å²) in [6.07, 6.45) is 1.79. The second kappa shape index (κ2) is 6.67. The monoisotopic (exact) mass is 336 g/mol. The number of amides is 1. The van der Waals surface area contributed by atoms with Crippen molar-refractivity contribution >= 4 is 21.8 Å². The number of hydrogen-bond donors (Lipinski definition) is 2. The zero-order valence-electron chi connectivity index (χ0n) is 11.5. The number of halogens is 1. The maximum Gasteiger partial charge on any atom is 0.271 e. The molecular weight excluding hydrogens is 320 g/mol. The molecule has 0 radical (unpaired) electrons. The smallest absolute Gasteiger partial charge is 0.271 e. The first kappa shape index (κ1) is 14.7. The van der Waals surface area contributed by atoms with Crippen LogP contribution in [0.2, 0.25) is 0 Å². The maximum absolute atomic E-state index is 11.6. The Bertz CT molecular complexity index is 609. The number of rotatable bonds is 5. The summed E-state index contributed by atoms with van der Waals surface area (Å²) in [5.41, 5.74) is 2.49. The van der Waals surface area contributed by atoms with Crippen molar-refractivity contribution in [2.75, 3.05) is 13.6 Å². The SMILES string of the molecule is CCNCc1cc(Br)ccc1-n1ccc(C(=O)NC)n1. The Morgan fingerprint density at radius 2 is 2.20 bits per heavy atom. The van der Waals surface area contributed by atoms with Crippen LogP contribution in [0.25, 0.3) is 5.69 Å². The molecule has 1 heterocycles. The summed E-state index contributed by atoms with van der Waals surface area (Å²) >= 11 is 3.48. The summed E-state index contributed by atoms with van der Waals surface area (Å²) in [6, 6.07) is 7.71. The van der Waals surface area contributed by atoms with E-state index in [1.54, 1.807) is 24.0 Å². The van der Waals surface area contributed by atoms with Gasteiger partial charge < -0.3 is 10.6 Å². The average molecular weight is 337 g/mol. The van der Waals surface area contributed by atoms with Gasteiger partial charge >= 0.3 is 0 Å². The van der Waals surface area contributed by atoms with Crippen molar-refractivity contribution in [1.29, 1.82) is 0 Å². The quantitative estimate of drug-likeness (QED) is 0.879. The van der Waals surface area contributed by atoms with Gasteiger partial charge in [0.05, 0.1) is 5.69 Å². The third-order valence-electron chi connectivity index (χ3n) is 2.90. The molecule has 0 saturated heterocycles. The lowest BCUT2D eigenvalue weighted by Gasteiger charge is -2.10. The molecule has 0 spiro atoms. The van der Waals surface area contributed by atoms with Crippen LogP contribution >= 0.6 is 15.9 Å². The third-order valence-corrected chi connectivity index (χ3v) is 3.40. The number of hydrogen-bond acceptors (Lipinski definition) is 3. The number of nitrogens with zero attached hydrogens (tertiary/aromatic N) is 2. The Kier molecular flexibility index (Phi) is 4.92. The van der Waals surface area contributed by atoms with Crippen LogP contribution in [0.5, 0.6) is 0 Å². The summed E-state index contributed by atoms with van der Waals surface area (Å²) in [4.78, 5) is 11.6. The molecule has 0 aliphatic carbocycles. The molecule has 2 rings (SSSR count). The van der Waals surface area contributed by atoms with Crippen molar-refractivity contribution in [3.05, 3.63) is 46.2 Å². The third kappa shape index (κ3) is 3.26. The molecule has 5 nitrogen and oxygen atoms in total. The molecule has 20 heavy (non-hydrogen) atoms. The first-order chi connectivity index (χ1) is 9.65. The highest BCUT2D eigenvalue weighted by atomic mass is 79.9. The topological polar surface area (TPSA) is 59.0 Å². The lowest BCUT2D eigenvalue weighted by molar-refractivity contribution is 0.0957. The number of benzene rings is 1. The van der Waals surface area contributed by atoms with Crippen LogP contribution in [-0.2, 0) is 6.54 Å². The number of nitrogens with one attached hydrogen (secondary N) is 2. The van der Waals surface area contributed by atoms with Gasteiger partial charge in [0.1, 0.15) is 0 Å². The van der Waals surface area contributed by atoms with Gasteiger partial charge in [-0.15, -0.1) is 0 Å². The van der Waals surface area contributed by atoms with Gasteiger partial charge in [-0.1, -0.05) is 22.9 Å². The molecular formula is C14H17BrN4O. The minimum Gasteiger partial charge on any atom is -0.354 e. The van der Waals surface area contributed by atoms with Gasteiger partial charge in [0, 0.05) is 24.3 Å². The summed E-state index contributed by atoms with van der Waals surface area (Å²) in [7, 11) is 1.59. The standard InChI is InChI=1S/C14H17BrN4O/c1-3-17-9-10-8-11(15)4-5-13(10)19-7-6-12(18-19)14(20)16-2/h4-8,17H,3,9H2,1-2H3,(H,16,20). The maximum atomic E-state index is 11.6.